The van der Waals surface area contributed by atoms with E-state index in [-0.39, 0.29) is 0 Å². The number of likely N-dealkylation sites (N-methyl/N-ethyl adjacent to an activating group) is 1. The van der Waals surface area contributed by atoms with E-state index in [1.165, 1.54) is 12.8 Å². The van der Waals surface area contributed by atoms with Crippen molar-refractivity contribution in [3.05, 3.63) is 0 Å². The topological polar surface area (TPSA) is 3.01 Å². The summed E-state index contributed by atoms with van der Waals surface area (Å²) in [6, 6.07) is 2.03. The fraction of sp³-hybridized carbons (Fsp3) is 1.00. The molecule has 1 nitrogen and oxygen atoms in total. The highest BCUT2D eigenvalue weighted by Crippen LogP contribution is 2.59. The van der Waals surface area contributed by atoms with Crippen LogP contribution in [-0.4, -0.2) is 24.0 Å². The van der Waals surface area contributed by atoms with Crippen LogP contribution in [0.25, 0.3) is 0 Å². The Hall–Kier alpha value is -0.0400. The Balaban J connectivity index is 1.73. The molecule has 1 saturated carbocycles. The standard InChI is InChI=1S/C9H17N/c1-4-5-6(2)7-8-9(7)10(8)3/h6-9H,4-5H2,1-3H3. The van der Waals surface area contributed by atoms with Gasteiger partial charge < -0.3 is 0 Å². The zero-order valence-electron chi connectivity index (χ0n) is 7.17. The van der Waals surface area contributed by atoms with Gasteiger partial charge in [-0.2, -0.15) is 0 Å². The van der Waals surface area contributed by atoms with E-state index in [1.807, 2.05) is 0 Å². The van der Waals surface area contributed by atoms with Crippen molar-refractivity contribution in [1.29, 1.82) is 0 Å². The molecule has 0 N–H and O–H groups in total. The molecule has 1 saturated heterocycles. The average Bonchev–Trinajstić information content (AvgIpc) is 2.72. The van der Waals surface area contributed by atoms with Gasteiger partial charge in [-0.25, -0.2) is 0 Å². The summed E-state index contributed by atoms with van der Waals surface area (Å²) in [7, 11) is 2.24. The fourth-order valence-corrected chi connectivity index (χ4v) is 2.45. The molecular formula is C9H17N. The maximum atomic E-state index is 2.48. The first-order chi connectivity index (χ1) is 4.77. The molecule has 2 fully saturated rings. The lowest BCUT2D eigenvalue weighted by molar-refractivity contribution is 0.299. The minimum absolute atomic E-state index is 0.996. The molecule has 0 amide bonds. The number of nitrogens with zero attached hydrogens (tertiary/aromatic N) is 1. The minimum Gasteiger partial charge on any atom is -0.297 e. The lowest BCUT2D eigenvalue weighted by Crippen LogP contribution is -2.18. The SMILES string of the molecule is CCCC(C)C1C2C1N2C. The number of likely N-dealkylation sites (tertiary alicyclic amines) is 1. The van der Waals surface area contributed by atoms with Gasteiger partial charge in [-0.3, -0.25) is 4.90 Å². The molecule has 0 aromatic heterocycles. The second-order valence-electron chi connectivity index (χ2n) is 3.99. The molecule has 0 bridgehead atoms. The zero-order valence-corrected chi connectivity index (χ0v) is 7.17. The fourth-order valence-electron chi connectivity index (χ4n) is 2.45. The van der Waals surface area contributed by atoms with E-state index in [2.05, 4.69) is 25.8 Å². The lowest BCUT2D eigenvalue weighted by atomic mass is 9.98. The van der Waals surface area contributed by atoms with Crippen LogP contribution in [0.2, 0.25) is 0 Å². The lowest BCUT2D eigenvalue weighted by Gasteiger charge is -2.16. The van der Waals surface area contributed by atoms with Gasteiger partial charge >= 0.3 is 0 Å². The first kappa shape index (κ1) is 6.66. The van der Waals surface area contributed by atoms with Crippen molar-refractivity contribution in [3.8, 4) is 0 Å². The third kappa shape index (κ3) is 0.731. The van der Waals surface area contributed by atoms with Crippen molar-refractivity contribution < 1.29 is 0 Å². The van der Waals surface area contributed by atoms with E-state index in [1.54, 1.807) is 0 Å². The molecule has 3 atom stereocenters. The molecule has 1 heteroatoms. The van der Waals surface area contributed by atoms with Crippen molar-refractivity contribution >= 4 is 0 Å². The van der Waals surface area contributed by atoms with Gasteiger partial charge in [0, 0.05) is 12.1 Å². The van der Waals surface area contributed by atoms with Gasteiger partial charge in [-0.1, -0.05) is 26.7 Å². The summed E-state index contributed by atoms with van der Waals surface area (Å²) in [5.74, 6) is 2.08. The van der Waals surface area contributed by atoms with Crippen LogP contribution in [0.15, 0.2) is 0 Å². The van der Waals surface area contributed by atoms with Gasteiger partial charge in [-0.05, 0) is 18.9 Å². The van der Waals surface area contributed by atoms with Crippen molar-refractivity contribution in [1.82, 2.24) is 4.90 Å². The molecule has 0 aromatic carbocycles. The molecule has 1 aliphatic carbocycles. The largest absolute Gasteiger partial charge is 0.297 e. The number of hydrogen-bond donors (Lipinski definition) is 0. The number of hydrogen-bond acceptors (Lipinski definition) is 1. The summed E-state index contributed by atoms with van der Waals surface area (Å²) < 4.78 is 0. The summed E-state index contributed by atoms with van der Waals surface area (Å²) in [5.41, 5.74) is 0. The van der Waals surface area contributed by atoms with E-state index < -0.39 is 0 Å². The van der Waals surface area contributed by atoms with Gasteiger partial charge in [0.15, 0.2) is 0 Å². The molecule has 10 heavy (non-hydrogen) atoms. The average molecular weight is 139 g/mol. The van der Waals surface area contributed by atoms with Crippen LogP contribution in [-0.2, 0) is 0 Å². The molecule has 2 aliphatic rings. The molecule has 0 spiro atoms. The Morgan fingerprint density at radius 3 is 2.40 bits per heavy atom. The summed E-state index contributed by atoms with van der Waals surface area (Å²) in [5, 5.41) is 0. The van der Waals surface area contributed by atoms with E-state index in [9.17, 15) is 0 Å². The summed E-state index contributed by atoms with van der Waals surface area (Å²) >= 11 is 0. The third-order valence-corrected chi connectivity index (χ3v) is 3.25. The smallest absolute Gasteiger partial charge is 0.0301 e. The number of rotatable bonds is 3. The van der Waals surface area contributed by atoms with Crippen LogP contribution in [0.3, 0.4) is 0 Å². The monoisotopic (exact) mass is 139 g/mol. The minimum atomic E-state index is 0.996. The molecule has 2 rings (SSSR count). The Labute approximate surface area is 63.4 Å². The molecule has 0 radical (unpaired) electrons. The van der Waals surface area contributed by atoms with Crippen molar-refractivity contribution in [3.63, 3.8) is 0 Å². The van der Waals surface area contributed by atoms with Gasteiger partial charge in [0.05, 0.1) is 0 Å². The molecule has 3 unspecified atom stereocenters. The predicted octanol–water partition coefficient (Wildman–Crippen LogP) is 1.74. The quantitative estimate of drug-likeness (QED) is 0.538. The van der Waals surface area contributed by atoms with Crippen molar-refractivity contribution in [2.45, 2.75) is 38.8 Å². The third-order valence-electron chi connectivity index (χ3n) is 3.25. The van der Waals surface area contributed by atoms with Crippen LogP contribution >= 0.6 is 0 Å². The summed E-state index contributed by atoms with van der Waals surface area (Å²) in [4.78, 5) is 2.48. The Kier molecular flexibility index (Phi) is 1.31. The highest BCUT2D eigenvalue weighted by molar-refractivity contribution is 5.26. The van der Waals surface area contributed by atoms with E-state index in [0.717, 1.165) is 23.9 Å². The van der Waals surface area contributed by atoms with Crippen molar-refractivity contribution in [2.75, 3.05) is 7.05 Å². The van der Waals surface area contributed by atoms with Gasteiger partial charge in [0.2, 0.25) is 0 Å². The first-order valence-corrected chi connectivity index (χ1v) is 4.49. The van der Waals surface area contributed by atoms with Gasteiger partial charge in [0.25, 0.3) is 0 Å². The second kappa shape index (κ2) is 1.97. The van der Waals surface area contributed by atoms with E-state index in [0.29, 0.717) is 0 Å². The molecular weight excluding hydrogens is 122 g/mol. The highest BCUT2D eigenvalue weighted by Gasteiger charge is 2.70. The van der Waals surface area contributed by atoms with Crippen LogP contribution < -0.4 is 0 Å². The van der Waals surface area contributed by atoms with Crippen LogP contribution in [0.1, 0.15) is 26.7 Å². The summed E-state index contributed by atoms with van der Waals surface area (Å²) in [6.45, 7) is 4.70. The molecule has 58 valence electrons. The van der Waals surface area contributed by atoms with Gasteiger partial charge in [-0.15, -0.1) is 0 Å². The van der Waals surface area contributed by atoms with Crippen LogP contribution in [0.5, 0.6) is 0 Å². The molecule has 1 aliphatic heterocycles. The van der Waals surface area contributed by atoms with Crippen molar-refractivity contribution in [2.24, 2.45) is 11.8 Å². The van der Waals surface area contributed by atoms with E-state index >= 15 is 0 Å². The van der Waals surface area contributed by atoms with E-state index in [4.69, 9.17) is 0 Å². The predicted molar refractivity (Wildman–Crippen MR) is 42.9 cm³/mol. The maximum absolute atomic E-state index is 2.48. The number of fused-ring (bicyclic) bond motifs is 1. The second-order valence-corrected chi connectivity index (χ2v) is 3.99. The first-order valence-electron chi connectivity index (χ1n) is 4.49. The van der Waals surface area contributed by atoms with Crippen LogP contribution in [0.4, 0.5) is 0 Å². The molecule has 1 heterocycles. The Bertz CT molecular complexity index is 134. The Morgan fingerprint density at radius 1 is 1.40 bits per heavy atom. The maximum Gasteiger partial charge on any atom is 0.0301 e. The zero-order chi connectivity index (χ0) is 7.30. The Morgan fingerprint density at radius 2 is 2.00 bits per heavy atom. The normalized spacial score (nSPS) is 51.9. The van der Waals surface area contributed by atoms with Gasteiger partial charge in [0.1, 0.15) is 0 Å². The highest BCUT2D eigenvalue weighted by atomic mass is 15.4. The molecule has 0 aromatic rings. The summed E-state index contributed by atoms with van der Waals surface area (Å²) in [6.07, 6.45) is 2.80. The van der Waals surface area contributed by atoms with Crippen LogP contribution in [0, 0.1) is 11.8 Å².